The van der Waals surface area contributed by atoms with E-state index in [1.54, 1.807) is 18.6 Å². The summed E-state index contributed by atoms with van der Waals surface area (Å²) in [6, 6.07) is 5.89. The summed E-state index contributed by atoms with van der Waals surface area (Å²) in [5.74, 6) is 0.916. The minimum Gasteiger partial charge on any atom is -0.359 e. The van der Waals surface area contributed by atoms with Gasteiger partial charge in [-0.3, -0.25) is 9.78 Å². The van der Waals surface area contributed by atoms with E-state index in [9.17, 15) is 4.79 Å². The summed E-state index contributed by atoms with van der Waals surface area (Å²) in [5.41, 5.74) is 2.88. The molecule has 0 aliphatic rings. The van der Waals surface area contributed by atoms with Gasteiger partial charge in [-0.25, -0.2) is 4.98 Å². The molecule has 0 spiro atoms. The van der Waals surface area contributed by atoms with Crippen LogP contribution in [0, 0.1) is 6.92 Å². The van der Waals surface area contributed by atoms with Gasteiger partial charge < -0.3 is 4.90 Å². The maximum absolute atomic E-state index is 10.7. The number of hydrogen-bond donors (Lipinski definition) is 0. The van der Waals surface area contributed by atoms with Crippen LogP contribution in [0.25, 0.3) is 0 Å². The Morgan fingerprint density at radius 3 is 2.68 bits per heavy atom. The molecule has 0 aromatic carbocycles. The molecular formula is C15H17N3O. The van der Waals surface area contributed by atoms with E-state index >= 15 is 0 Å². The Bertz CT molecular complexity index is 555. The maximum Gasteiger partial charge on any atom is 0.151 e. The SMILES string of the molecule is Cc1cc(C=O)cnc1N(C)CCc1ccncc1. The van der Waals surface area contributed by atoms with Crippen LogP contribution in [0.5, 0.6) is 0 Å². The average Bonchev–Trinajstić information content (AvgIpc) is 2.45. The Hall–Kier alpha value is -2.23. The van der Waals surface area contributed by atoms with Crippen molar-refractivity contribution in [2.75, 3.05) is 18.5 Å². The van der Waals surface area contributed by atoms with Gasteiger partial charge in [0.1, 0.15) is 5.82 Å². The maximum atomic E-state index is 10.7. The van der Waals surface area contributed by atoms with Gasteiger partial charge in [0.25, 0.3) is 0 Å². The number of aromatic nitrogens is 2. The molecule has 0 fully saturated rings. The number of likely N-dealkylation sites (N-methyl/N-ethyl adjacent to an activating group) is 1. The Balaban J connectivity index is 2.04. The van der Waals surface area contributed by atoms with Crippen molar-refractivity contribution < 1.29 is 4.79 Å². The van der Waals surface area contributed by atoms with Crippen LogP contribution in [0.2, 0.25) is 0 Å². The lowest BCUT2D eigenvalue weighted by atomic mass is 10.2. The number of rotatable bonds is 5. The highest BCUT2D eigenvalue weighted by Crippen LogP contribution is 2.16. The van der Waals surface area contributed by atoms with Gasteiger partial charge in [0.15, 0.2) is 6.29 Å². The van der Waals surface area contributed by atoms with E-state index in [0.29, 0.717) is 5.56 Å². The highest BCUT2D eigenvalue weighted by atomic mass is 16.1. The molecule has 4 heteroatoms. The molecule has 2 rings (SSSR count). The van der Waals surface area contributed by atoms with Crippen molar-refractivity contribution in [1.82, 2.24) is 9.97 Å². The fourth-order valence-electron chi connectivity index (χ4n) is 2.01. The van der Waals surface area contributed by atoms with Crippen LogP contribution in [0.15, 0.2) is 36.8 Å². The van der Waals surface area contributed by atoms with Gasteiger partial charge in [-0.2, -0.15) is 0 Å². The molecule has 0 aliphatic heterocycles. The molecule has 0 aliphatic carbocycles. The van der Waals surface area contributed by atoms with E-state index in [1.807, 2.05) is 32.2 Å². The second-order valence-corrected chi connectivity index (χ2v) is 4.55. The summed E-state index contributed by atoms with van der Waals surface area (Å²) >= 11 is 0. The molecule has 0 bridgehead atoms. The van der Waals surface area contributed by atoms with Crippen LogP contribution in [0.4, 0.5) is 5.82 Å². The fraction of sp³-hybridized carbons (Fsp3) is 0.267. The van der Waals surface area contributed by atoms with Crippen LogP contribution in [-0.4, -0.2) is 29.8 Å². The number of carbonyl (C=O) groups is 1. The summed E-state index contributed by atoms with van der Waals surface area (Å²) in [6.07, 6.45) is 6.98. The lowest BCUT2D eigenvalue weighted by Gasteiger charge is -2.20. The predicted molar refractivity (Wildman–Crippen MR) is 75.6 cm³/mol. The van der Waals surface area contributed by atoms with Crippen molar-refractivity contribution in [3.05, 3.63) is 53.5 Å². The molecule has 0 saturated heterocycles. The predicted octanol–water partition coefficient (Wildman–Crippen LogP) is 2.28. The van der Waals surface area contributed by atoms with E-state index in [2.05, 4.69) is 14.9 Å². The van der Waals surface area contributed by atoms with Gasteiger partial charge in [-0.1, -0.05) is 0 Å². The number of carbonyl (C=O) groups excluding carboxylic acids is 1. The van der Waals surface area contributed by atoms with E-state index in [-0.39, 0.29) is 0 Å². The quantitative estimate of drug-likeness (QED) is 0.769. The normalized spacial score (nSPS) is 10.2. The van der Waals surface area contributed by atoms with Gasteiger partial charge in [0.05, 0.1) is 0 Å². The van der Waals surface area contributed by atoms with Crippen LogP contribution in [-0.2, 0) is 6.42 Å². The van der Waals surface area contributed by atoms with Crippen LogP contribution < -0.4 is 4.90 Å². The zero-order chi connectivity index (χ0) is 13.7. The zero-order valence-corrected chi connectivity index (χ0v) is 11.2. The topological polar surface area (TPSA) is 46.1 Å². The average molecular weight is 255 g/mol. The second kappa shape index (κ2) is 6.09. The summed E-state index contributed by atoms with van der Waals surface area (Å²) in [6.45, 7) is 2.84. The minimum atomic E-state index is 0.615. The first-order chi connectivity index (χ1) is 9.20. The van der Waals surface area contributed by atoms with Gasteiger partial charge in [0, 0.05) is 37.7 Å². The number of nitrogens with zero attached hydrogens (tertiary/aromatic N) is 3. The highest BCUT2D eigenvalue weighted by molar-refractivity contribution is 5.75. The van der Waals surface area contributed by atoms with E-state index in [1.165, 1.54) is 5.56 Å². The minimum absolute atomic E-state index is 0.615. The zero-order valence-electron chi connectivity index (χ0n) is 11.2. The lowest BCUT2D eigenvalue weighted by Crippen LogP contribution is -2.22. The molecule has 0 saturated carbocycles. The second-order valence-electron chi connectivity index (χ2n) is 4.55. The molecule has 2 heterocycles. The third kappa shape index (κ3) is 3.37. The molecule has 4 nitrogen and oxygen atoms in total. The molecule has 2 aromatic heterocycles. The first-order valence-corrected chi connectivity index (χ1v) is 6.22. The van der Waals surface area contributed by atoms with Gasteiger partial charge in [-0.15, -0.1) is 0 Å². The molecule has 0 radical (unpaired) electrons. The Morgan fingerprint density at radius 1 is 1.32 bits per heavy atom. The van der Waals surface area contributed by atoms with Crippen molar-refractivity contribution >= 4 is 12.1 Å². The smallest absolute Gasteiger partial charge is 0.151 e. The van der Waals surface area contributed by atoms with Crippen LogP contribution >= 0.6 is 0 Å². The van der Waals surface area contributed by atoms with E-state index in [0.717, 1.165) is 30.6 Å². The van der Waals surface area contributed by atoms with Crippen molar-refractivity contribution in [3.8, 4) is 0 Å². The van der Waals surface area contributed by atoms with Gasteiger partial charge in [-0.05, 0) is 42.7 Å². The van der Waals surface area contributed by atoms with Gasteiger partial charge in [0.2, 0.25) is 0 Å². The van der Waals surface area contributed by atoms with E-state index < -0.39 is 0 Å². The highest BCUT2D eigenvalue weighted by Gasteiger charge is 2.07. The Kier molecular flexibility index (Phi) is 4.23. The first kappa shape index (κ1) is 13.2. The third-order valence-electron chi connectivity index (χ3n) is 3.05. The number of pyridine rings is 2. The molecule has 0 unspecified atom stereocenters. The van der Waals surface area contributed by atoms with Crippen molar-refractivity contribution in [1.29, 1.82) is 0 Å². The lowest BCUT2D eigenvalue weighted by molar-refractivity contribution is 0.112. The largest absolute Gasteiger partial charge is 0.359 e. The Labute approximate surface area is 113 Å². The molecule has 0 amide bonds. The fourth-order valence-corrected chi connectivity index (χ4v) is 2.01. The monoisotopic (exact) mass is 255 g/mol. The molecule has 98 valence electrons. The van der Waals surface area contributed by atoms with Crippen LogP contribution in [0.3, 0.4) is 0 Å². The number of anilines is 1. The summed E-state index contributed by atoms with van der Waals surface area (Å²) in [5, 5.41) is 0. The molecule has 0 atom stereocenters. The number of hydrogen-bond acceptors (Lipinski definition) is 4. The summed E-state index contributed by atoms with van der Waals surface area (Å²) in [4.78, 5) is 21.1. The van der Waals surface area contributed by atoms with Crippen molar-refractivity contribution in [2.24, 2.45) is 0 Å². The summed E-state index contributed by atoms with van der Waals surface area (Å²) < 4.78 is 0. The van der Waals surface area contributed by atoms with Crippen molar-refractivity contribution in [2.45, 2.75) is 13.3 Å². The van der Waals surface area contributed by atoms with Crippen molar-refractivity contribution in [3.63, 3.8) is 0 Å². The van der Waals surface area contributed by atoms with Crippen LogP contribution in [0.1, 0.15) is 21.5 Å². The molecule has 0 N–H and O–H groups in total. The molecule has 19 heavy (non-hydrogen) atoms. The molecular weight excluding hydrogens is 238 g/mol. The third-order valence-corrected chi connectivity index (χ3v) is 3.05. The summed E-state index contributed by atoms with van der Waals surface area (Å²) in [7, 11) is 2.01. The first-order valence-electron chi connectivity index (χ1n) is 6.22. The standard InChI is InChI=1S/C15H17N3O/c1-12-9-14(11-19)10-17-15(12)18(2)8-5-13-3-6-16-7-4-13/h3-4,6-7,9-11H,5,8H2,1-2H3. The van der Waals surface area contributed by atoms with Gasteiger partial charge >= 0.3 is 0 Å². The Morgan fingerprint density at radius 2 is 2.05 bits per heavy atom. The van der Waals surface area contributed by atoms with E-state index in [4.69, 9.17) is 0 Å². The number of aldehydes is 1. The number of aryl methyl sites for hydroxylation is 1. The molecule has 2 aromatic rings.